The van der Waals surface area contributed by atoms with Crippen LogP contribution in [0.25, 0.3) is 0 Å². The first kappa shape index (κ1) is 20.1. The predicted octanol–water partition coefficient (Wildman–Crippen LogP) is 4.18. The number of methoxy groups -OCH3 is 1. The Balaban J connectivity index is 1.54. The minimum atomic E-state index is -0.368. The molecular formula is C18H15ClN4O3S2. The van der Waals surface area contributed by atoms with Crippen molar-refractivity contribution in [3.05, 3.63) is 59.1 Å². The molecule has 10 heteroatoms. The summed E-state index contributed by atoms with van der Waals surface area (Å²) in [6, 6.07) is 13.9. The molecule has 2 amide bonds. The largest absolute Gasteiger partial charge is 0.495 e. The second-order valence-electron chi connectivity index (χ2n) is 5.34. The third-order valence-electron chi connectivity index (χ3n) is 3.45. The molecule has 0 saturated carbocycles. The van der Waals surface area contributed by atoms with Crippen molar-refractivity contribution in [3.63, 3.8) is 0 Å². The van der Waals surface area contributed by atoms with E-state index in [1.165, 1.54) is 23.1 Å². The molecule has 0 saturated heterocycles. The number of halogens is 1. The lowest BCUT2D eigenvalue weighted by molar-refractivity contribution is -0.113. The van der Waals surface area contributed by atoms with Crippen LogP contribution in [0.5, 0.6) is 5.75 Å². The Morgan fingerprint density at radius 3 is 2.64 bits per heavy atom. The second kappa shape index (κ2) is 9.54. The number of para-hydroxylation sites is 2. The molecular weight excluding hydrogens is 420 g/mol. The second-order valence-corrected chi connectivity index (χ2v) is 7.95. The van der Waals surface area contributed by atoms with E-state index in [4.69, 9.17) is 16.3 Å². The maximum absolute atomic E-state index is 12.2. The van der Waals surface area contributed by atoms with Gasteiger partial charge in [-0.25, -0.2) is 0 Å². The van der Waals surface area contributed by atoms with Gasteiger partial charge in [0, 0.05) is 0 Å². The van der Waals surface area contributed by atoms with Crippen LogP contribution in [0, 0.1) is 0 Å². The van der Waals surface area contributed by atoms with Crippen molar-refractivity contribution in [2.45, 2.75) is 4.34 Å². The summed E-state index contributed by atoms with van der Waals surface area (Å²) in [7, 11) is 1.54. The van der Waals surface area contributed by atoms with Crippen LogP contribution >= 0.6 is 34.7 Å². The summed E-state index contributed by atoms with van der Waals surface area (Å²) in [4.78, 5) is 24.4. The third kappa shape index (κ3) is 5.22. The minimum absolute atomic E-state index is 0.144. The Bertz CT molecular complexity index is 996. The lowest BCUT2D eigenvalue weighted by Gasteiger charge is -2.08. The van der Waals surface area contributed by atoms with E-state index in [0.717, 1.165) is 0 Å². The predicted molar refractivity (Wildman–Crippen MR) is 112 cm³/mol. The zero-order valence-corrected chi connectivity index (χ0v) is 17.0. The van der Waals surface area contributed by atoms with Crippen LogP contribution in [-0.4, -0.2) is 34.9 Å². The van der Waals surface area contributed by atoms with Gasteiger partial charge in [0.2, 0.25) is 11.0 Å². The number of carbonyl (C=O) groups is 2. The minimum Gasteiger partial charge on any atom is -0.495 e. The third-order valence-corrected chi connectivity index (χ3v) is 5.75. The molecule has 0 aliphatic heterocycles. The molecule has 0 radical (unpaired) electrons. The summed E-state index contributed by atoms with van der Waals surface area (Å²) in [5, 5.41) is 14.0. The van der Waals surface area contributed by atoms with Crippen molar-refractivity contribution in [1.29, 1.82) is 0 Å². The highest BCUT2D eigenvalue weighted by atomic mass is 35.5. The van der Waals surface area contributed by atoms with Gasteiger partial charge >= 0.3 is 0 Å². The van der Waals surface area contributed by atoms with Gasteiger partial charge in [0.25, 0.3) is 5.91 Å². The van der Waals surface area contributed by atoms with Crippen LogP contribution in [0.4, 0.5) is 10.8 Å². The molecule has 0 atom stereocenters. The molecule has 0 unspecified atom stereocenters. The molecule has 0 fully saturated rings. The van der Waals surface area contributed by atoms with Crippen molar-refractivity contribution in [3.8, 4) is 5.75 Å². The number of nitrogens with one attached hydrogen (secondary N) is 2. The highest BCUT2D eigenvalue weighted by molar-refractivity contribution is 8.01. The average Bonchev–Trinajstić information content (AvgIpc) is 3.14. The number of nitrogens with zero attached hydrogens (tertiary/aromatic N) is 2. The number of anilines is 2. The first-order valence-electron chi connectivity index (χ1n) is 8.02. The van der Waals surface area contributed by atoms with E-state index in [9.17, 15) is 9.59 Å². The van der Waals surface area contributed by atoms with E-state index in [1.807, 2.05) is 12.1 Å². The van der Waals surface area contributed by atoms with Crippen LogP contribution in [0.3, 0.4) is 0 Å². The molecule has 28 heavy (non-hydrogen) atoms. The number of hydrogen-bond acceptors (Lipinski definition) is 7. The van der Waals surface area contributed by atoms with Crippen molar-refractivity contribution < 1.29 is 14.3 Å². The van der Waals surface area contributed by atoms with E-state index >= 15 is 0 Å². The van der Waals surface area contributed by atoms with Gasteiger partial charge in [-0.05, 0) is 24.3 Å². The van der Waals surface area contributed by atoms with Crippen LogP contribution < -0.4 is 15.4 Å². The van der Waals surface area contributed by atoms with Crippen LogP contribution in [0.2, 0.25) is 5.02 Å². The Kier molecular flexibility index (Phi) is 6.85. The molecule has 0 spiro atoms. The maximum Gasteiger partial charge on any atom is 0.259 e. The Labute approximate surface area is 174 Å². The zero-order valence-electron chi connectivity index (χ0n) is 14.6. The van der Waals surface area contributed by atoms with Crippen molar-refractivity contribution in [2.75, 3.05) is 23.5 Å². The molecule has 3 aromatic rings. The van der Waals surface area contributed by atoms with Crippen LogP contribution in [-0.2, 0) is 4.79 Å². The number of carbonyl (C=O) groups excluding carboxylic acids is 2. The van der Waals surface area contributed by atoms with Gasteiger partial charge in [-0.3, -0.25) is 14.9 Å². The SMILES string of the molecule is COc1ccccc1NC(=O)CSc1nnc(NC(=O)c2ccccc2Cl)s1. The standard InChI is InChI=1S/C18H15ClN4O3S2/c1-26-14-9-5-4-8-13(14)20-15(24)10-27-18-23-22-17(28-18)21-16(25)11-6-2-3-7-12(11)19/h2-9H,10H2,1H3,(H,20,24)(H,21,22,25). The van der Waals surface area contributed by atoms with Crippen molar-refractivity contribution >= 4 is 57.3 Å². The molecule has 0 aliphatic rings. The summed E-state index contributed by atoms with van der Waals surface area (Å²) in [6.07, 6.45) is 0. The summed E-state index contributed by atoms with van der Waals surface area (Å²) < 4.78 is 5.76. The van der Waals surface area contributed by atoms with Gasteiger partial charge < -0.3 is 10.1 Å². The highest BCUT2D eigenvalue weighted by Crippen LogP contribution is 2.27. The lowest BCUT2D eigenvalue weighted by Crippen LogP contribution is -2.14. The number of amides is 2. The molecule has 7 nitrogen and oxygen atoms in total. The quantitative estimate of drug-likeness (QED) is 0.428. The van der Waals surface area contributed by atoms with E-state index < -0.39 is 0 Å². The molecule has 2 aromatic carbocycles. The number of rotatable bonds is 7. The summed E-state index contributed by atoms with van der Waals surface area (Å²) in [5.74, 6) is 0.158. The number of hydrogen-bond donors (Lipinski definition) is 2. The molecule has 2 N–H and O–H groups in total. The van der Waals surface area contributed by atoms with Gasteiger partial charge in [0.15, 0.2) is 4.34 Å². The fraction of sp³-hybridized carbons (Fsp3) is 0.111. The Morgan fingerprint density at radius 1 is 1.11 bits per heavy atom. The van der Waals surface area contributed by atoms with Gasteiger partial charge in [-0.2, -0.15) is 0 Å². The molecule has 0 bridgehead atoms. The van der Waals surface area contributed by atoms with Gasteiger partial charge in [-0.15, -0.1) is 10.2 Å². The number of benzene rings is 2. The highest BCUT2D eigenvalue weighted by Gasteiger charge is 2.14. The van der Waals surface area contributed by atoms with Gasteiger partial charge in [0.05, 0.1) is 29.1 Å². The first-order chi connectivity index (χ1) is 13.6. The van der Waals surface area contributed by atoms with E-state index in [0.29, 0.717) is 31.5 Å². The normalized spacial score (nSPS) is 10.4. The fourth-order valence-electron chi connectivity index (χ4n) is 2.19. The lowest BCUT2D eigenvalue weighted by atomic mass is 10.2. The van der Waals surface area contributed by atoms with Gasteiger partial charge in [-0.1, -0.05) is 59.0 Å². The Hall–Kier alpha value is -2.62. The Morgan fingerprint density at radius 2 is 1.86 bits per heavy atom. The maximum atomic E-state index is 12.2. The fourth-order valence-corrected chi connectivity index (χ4v) is 3.96. The molecule has 1 aromatic heterocycles. The average molecular weight is 435 g/mol. The number of aromatic nitrogens is 2. The molecule has 144 valence electrons. The monoisotopic (exact) mass is 434 g/mol. The number of thioether (sulfide) groups is 1. The van der Waals surface area contributed by atoms with E-state index in [2.05, 4.69) is 20.8 Å². The van der Waals surface area contributed by atoms with Crippen LogP contribution in [0.1, 0.15) is 10.4 Å². The molecule has 1 heterocycles. The van der Waals surface area contributed by atoms with Gasteiger partial charge in [0.1, 0.15) is 5.75 Å². The first-order valence-corrected chi connectivity index (χ1v) is 10.2. The number of ether oxygens (including phenoxy) is 1. The van der Waals surface area contributed by atoms with E-state index in [1.54, 1.807) is 43.5 Å². The zero-order chi connectivity index (χ0) is 19.9. The summed E-state index contributed by atoms with van der Waals surface area (Å²) in [6.45, 7) is 0. The van der Waals surface area contributed by atoms with Crippen LogP contribution in [0.15, 0.2) is 52.9 Å². The summed E-state index contributed by atoms with van der Waals surface area (Å²) in [5.41, 5.74) is 0.949. The topological polar surface area (TPSA) is 93.2 Å². The van der Waals surface area contributed by atoms with E-state index in [-0.39, 0.29) is 17.6 Å². The smallest absolute Gasteiger partial charge is 0.259 e. The van der Waals surface area contributed by atoms with Crippen molar-refractivity contribution in [1.82, 2.24) is 10.2 Å². The molecule has 3 rings (SSSR count). The molecule has 0 aliphatic carbocycles. The van der Waals surface area contributed by atoms with Crippen molar-refractivity contribution in [2.24, 2.45) is 0 Å². The summed E-state index contributed by atoms with van der Waals surface area (Å²) >= 11 is 8.41.